The van der Waals surface area contributed by atoms with Crippen molar-refractivity contribution in [1.29, 1.82) is 0 Å². The van der Waals surface area contributed by atoms with Gasteiger partial charge in [-0.15, -0.1) is 0 Å². The van der Waals surface area contributed by atoms with E-state index in [4.69, 9.17) is 5.11 Å². The molecule has 2 aromatic rings. The summed E-state index contributed by atoms with van der Waals surface area (Å²) in [5.41, 5.74) is -3.47. The van der Waals surface area contributed by atoms with Crippen LogP contribution in [0.25, 0.3) is 11.1 Å². The van der Waals surface area contributed by atoms with Crippen LogP contribution in [0.3, 0.4) is 0 Å². The van der Waals surface area contributed by atoms with Gasteiger partial charge in [0.05, 0.1) is 11.3 Å². The number of ether oxygens (including phenoxy) is 1. The van der Waals surface area contributed by atoms with Crippen LogP contribution >= 0.6 is 0 Å². The predicted molar refractivity (Wildman–Crippen MR) is 81.8 cm³/mol. The molecule has 1 amide bonds. The van der Waals surface area contributed by atoms with Gasteiger partial charge in [0.25, 0.3) is 0 Å². The summed E-state index contributed by atoms with van der Waals surface area (Å²) in [6.07, 6.45) is -4.56. The van der Waals surface area contributed by atoms with E-state index in [2.05, 4.69) is 4.74 Å². The van der Waals surface area contributed by atoms with E-state index in [0.29, 0.717) is 6.07 Å². The van der Waals surface area contributed by atoms with Gasteiger partial charge in [-0.1, -0.05) is 0 Å². The molecule has 0 aromatic heterocycles. The van der Waals surface area contributed by atoms with Crippen LogP contribution in [-0.4, -0.2) is 29.1 Å². The Morgan fingerprint density at radius 1 is 1.03 bits per heavy atom. The highest BCUT2D eigenvalue weighted by molar-refractivity contribution is 6.05. The Hall–Kier alpha value is -3.31. The quantitative estimate of drug-likeness (QED) is 0.602. The van der Waals surface area contributed by atoms with E-state index in [1.54, 1.807) is 0 Å². The molecule has 0 unspecified atom stereocenters. The average Bonchev–Trinajstić information content (AvgIpc) is 2.61. The van der Waals surface area contributed by atoms with Crippen LogP contribution in [0.5, 0.6) is 5.75 Å². The molecule has 1 heterocycles. The van der Waals surface area contributed by atoms with Gasteiger partial charge in [-0.25, -0.2) is 26.7 Å². The van der Waals surface area contributed by atoms with E-state index in [-0.39, 0.29) is 17.0 Å². The number of nitrogens with zero attached hydrogens (tertiary/aromatic N) is 1. The summed E-state index contributed by atoms with van der Waals surface area (Å²) in [7, 11) is 0. The zero-order valence-electron chi connectivity index (χ0n) is 14.1. The third-order valence-corrected chi connectivity index (χ3v) is 4.14. The van der Waals surface area contributed by atoms with E-state index < -0.39 is 75.7 Å². The van der Waals surface area contributed by atoms with Gasteiger partial charge in [0.1, 0.15) is 11.9 Å². The molecule has 0 fully saturated rings. The first-order valence-corrected chi connectivity index (χ1v) is 7.67. The summed E-state index contributed by atoms with van der Waals surface area (Å²) in [5, 5.41) is 9.08. The molecule has 0 spiro atoms. The lowest BCUT2D eigenvalue weighted by atomic mass is 10.0. The Morgan fingerprint density at radius 2 is 1.59 bits per heavy atom. The average molecular weight is 423 g/mol. The second-order valence-electron chi connectivity index (χ2n) is 5.95. The SMILES string of the molecule is C[C@H](C(=O)O)N1C(=O)C(F)(F)Oc2cc(F)c(-c3c(F)c(F)cc(F)c3F)cc21. The molecular weight excluding hydrogens is 415 g/mol. The van der Waals surface area contributed by atoms with Gasteiger partial charge < -0.3 is 9.84 Å². The molecule has 154 valence electrons. The van der Waals surface area contributed by atoms with Gasteiger partial charge in [0.15, 0.2) is 29.0 Å². The molecule has 2 aromatic carbocycles. The number of fused-ring (bicyclic) bond motifs is 1. The summed E-state index contributed by atoms with van der Waals surface area (Å²) >= 11 is 0. The maximum absolute atomic E-state index is 14.4. The van der Waals surface area contributed by atoms with Gasteiger partial charge in [-0.05, 0) is 13.0 Å². The normalized spacial score (nSPS) is 16.3. The third-order valence-electron chi connectivity index (χ3n) is 4.14. The molecule has 12 heteroatoms. The van der Waals surface area contributed by atoms with Gasteiger partial charge in [-0.3, -0.25) is 9.69 Å². The van der Waals surface area contributed by atoms with Gasteiger partial charge >= 0.3 is 18.0 Å². The Morgan fingerprint density at radius 3 is 2.10 bits per heavy atom. The number of aliphatic carboxylic acids is 1. The highest BCUT2D eigenvalue weighted by Crippen LogP contribution is 2.44. The lowest BCUT2D eigenvalue weighted by Gasteiger charge is -2.35. The molecular formula is C17H8F7NO4. The zero-order valence-corrected chi connectivity index (χ0v) is 14.1. The Labute approximate surface area is 156 Å². The van der Waals surface area contributed by atoms with Crippen molar-refractivity contribution >= 4 is 17.6 Å². The predicted octanol–water partition coefficient (Wildman–Crippen LogP) is 3.84. The van der Waals surface area contributed by atoms with Crippen molar-refractivity contribution in [2.75, 3.05) is 4.90 Å². The largest absolute Gasteiger partial charge is 0.483 e. The van der Waals surface area contributed by atoms with Crippen LogP contribution in [0.15, 0.2) is 18.2 Å². The minimum Gasteiger partial charge on any atom is -0.480 e. The summed E-state index contributed by atoms with van der Waals surface area (Å²) in [4.78, 5) is 23.2. The van der Waals surface area contributed by atoms with E-state index in [9.17, 15) is 40.3 Å². The fraction of sp³-hybridized carbons (Fsp3) is 0.176. The van der Waals surface area contributed by atoms with Crippen LogP contribution in [0, 0.1) is 29.1 Å². The Balaban J connectivity index is 2.33. The standard InChI is InChI=1S/C17H8F7NO4/c1-5(15(26)27)25-10-2-6(12-13(21)8(19)3-9(20)14(12)22)7(18)4-11(10)29-17(23,24)16(25)28/h2-5H,1H3,(H,26,27)/t5-/m1/s1. The molecule has 0 aliphatic carbocycles. The summed E-state index contributed by atoms with van der Waals surface area (Å²) < 4.78 is 101. The number of anilines is 1. The van der Waals surface area contributed by atoms with Crippen molar-refractivity contribution < 1.29 is 50.2 Å². The highest BCUT2D eigenvalue weighted by atomic mass is 19.3. The van der Waals surface area contributed by atoms with Crippen LogP contribution in [0.2, 0.25) is 0 Å². The lowest BCUT2D eigenvalue weighted by molar-refractivity contribution is -0.193. The van der Waals surface area contributed by atoms with Crippen LogP contribution in [0.1, 0.15) is 6.92 Å². The topological polar surface area (TPSA) is 66.8 Å². The van der Waals surface area contributed by atoms with Crippen molar-refractivity contribution in [3.8, 4) is 16.9 Å². The van der Waals surface area contributed by atoms with E-state index >= 15 is 0 Å². The van der Waals surface area contributed by atoms with Gasteiger partial charge in [0.2, 0.25) is 0 Å². The lowest BCUT2D eigenvalue weighted by Crippen LogP contribution is -2.55. The molecule has 0 bridgehead atoms. The maximum atomic E-state index is 14.4. The number of amides is 1. The first-order chi connectivity index (χ1) is 13.4. The minimum atomic E-state index is -4.56. The number of carbonyl (C=O) groups excluding carboxylic acids is 1. The molecule has 0 saturated heterocycles. The second kappa shape index (κ2) is 6.64. The van der Waals surface area contributed by atoms with E-state index in [0.717, 1.165) is 6.92 Å². The number of rotatable bonds is 3. The summed E-state index contributed by atoms with van der Waals surface area (Å²) in [6.45, 7) is 0.831. The molecule has 0 radical (unpaired) electrons. The zero-order chi connectivity index (χ0) is 21.8. The number of alkyl halides is 2. The number of hydrogen-bond acceptors (Lipinski definition) is 3. The van der Waals surface area contributed by atoms with E-state index in [1.807, 2.05) is 0 Å². The van der Waals surface area contributed by atoms with E-state index in [1.165, 1.54) is 0 Å². The summed E-state index contributed by atoms with van der Waals surface area (Å²) in [5.74, 6) is -14.3. The molecule has 1 aliphatic heterocycles. The number of carbonyl (C=O) groups is 2. The number of halogens is 7. The maximum Gasteiger partial charge on any atom is 0.483 e. The van der Waals surface area contributed by atoms with Crippen molar-refractivity contribution in [2.45, 2.75) is 19.1 Å². The minimum absolute atomic E-state index is 0.00949. The first-order valence-electron chi connectivity index (χ1n) is 7.67. The van der Waals surface area contributed by atoms with Crippen LogP contribution in [-0.2, 0) is 9.59 Å². The van der Waals surface area contributed by atoms with Crippen molar-refractivity contribution in [3.05, 3.63) is 47.3 Å². The molecule has 5 nitrogen and oxygen atoms in total. The molecule has 29 heavy (non-hydrogen) atoms. The van der Waals surface area contributed by atoms with Crippen molar-refractivity contribution in [2.24, 2.45) is 0 Å². The molecule has 1 aliphatic rings. The molecule has 1 N–H and O–H groups in total. The number of benzene rings is 2. The smallest absolute Gasteiger partial charge is 0.480 e. The fourth-order valence-electron chi connectivity index (χ4n) is 2.74. The van der Waals surface area contributed by atoms with Gasteiger partial charge in [-0.2, -0.15) is 8.78 Å². The number of carboxylic acid groups (broad SMARTS) is 1. The molecule has 0 saturated carbocycles. The van der Waals surface area contributed by atoms with Crippen molar-refractivity contribution in [3.63, 3.8) is 0 Å². The van der Waals surface area contributed by atoms with Crippen LogP contribution < -0.4 is 9.64 Å². The summed E-state index contributed by atoms with van der Waals surface area (Å²) in [6, 6.07) is -1.49. The van der Waals surface area contributed by atoms with Crippen molar-refractivity contribution in [1.82, 2.24) is 0 Å². The monoisotopic (exact) mass is 423 g/mol. The molecule has 1 atom stereocenters. The van der Waals surface area contributed by atoms with Gasteiger partial charge in [0, 0.05) is 17.7 Å². The highest BCUT2D eigenvalue weighted by Gasteiger charge is 2.53. The van der Waals surface area contributed by atoms with Crippen LogP contribution in [0.4, 0.5) is 36.4 Å². The number of hydrogen-bond donors (Lipinski definition) is 1. The number of carboxylic acids is 1. The first kappa shape index (κ1) is 20.4. The fourth-order valence-corrected chi connectivity index (χ4v) is 2.74. The Kier molecular flexibility index (Phi) is 4.67. The third kappa shape index (κ3) is 3.13. The Bertz CT molecular complexity index is 1030. The second-order valence-corrected chi connectivity index (χ2v) is 5.95. The molecule has 3 rings (SSSR count).